The molecule has 2 heterocycles. The smallest absolute Gasteiger partial charge is 0.261 e. The fraction of sp³-hybridized carbons (Fsp3) is 0.182. The molecule has 0 atom stereocenters. The van der Waals surface area contributed by atoms with Crippen LogP contribution >= 0.6 is 0 Å². The van der Waals surface area contributed by atoms with Crippen molar-refractivity contribution in [2.24, 2.45) is 0 Å². The summed E-state index contributed by atoms with van der Waals surface area (Å²) in [6.45, 7) is 2.75. The maximum atomic E-state index is 12.9. The van der Waals surface area contributed by atoms with Crippen LogP contribution in [0.2, 0.25) is 0 Å². The Morgan fingerprint density at radius 1 is 1.14 bits per heavy atom. The molecule has 0 bridgehead atoms. The molecular weight excluding hydrogens is 374 g/mol. The van der Waals surface area contributed by atoms with Gasteiger partial charge < -0.3 is 19.3 Å². The first-order valence-electron chi connectivity index (χ1n) is 9.09. The molecule has 2 aromatic carbocycles. The van der Waals surface area contributed by atoms with Crippen molar-refractivity contribution >= 4 is 6.29 Å². The molecule has 0 saturated carbocycles. The lowest BCUT2D eigenvalue weighted by molar-refractivity contribution is 0.112. The molecule has 4 rings (SSSR count). The molecule has 0 amide bonds. The van der Waals surface area contributed by atoms with Gasteiger partial charge in [-0.05, 0) is 42.8 Å². The lowest BCUT2D eigenvalue weighted by Crippen LogP contribution is -2.23. The summed E-state index contributed by atoms with van der Waals surface area (Å²) in [6.07, 6.45) is 2.25. The molecule has 3 aromatic rings. The predicted molar refractivity (Wildman–Crippen MR) is 106 cm³/mol. The second-order valence-corrected chi connectivity index (χ2v) is 6.62. The van der Waals surface area contributed by atoms with Crippen molar-refractivity contribution in [1.29, 1.82) is 0 Å². The number of rotatable bonds is 5. The Morgan fingerprint density at radius 3 is 2.72 bits per heavy atom. The van der Waals surface area contributed by atoms with Crippen LogP contribution in [0.3, 0.4) is 0 Å². The van der Waals surface area contributed by atoms with Crippen LogP contribution in [-0.4, -0.2) is 29.2 Å². The van der Waals surface area contributed by atoms with E-state index in [-0.39, 0.29) is 23.5 Å². The van der Waals surface area contributed by atoms with E-state index >= 15 is 0 Å². The molecule has 1 aliphatic rings. The van der Waals surface area contributed by atoms with Gasteiger partial charge in [-0.15, -0.1) is 0 Å². The first-order valence-corrected chi connectivity index (χ1v) is 9.09. The van der Waals surface area contributed by atoms with Crippen molar-refractivity contribution in [3.63, 3.8) is 0 Å². The van der Waals surface area contributed by atoms with Crippen LogP contribution in [0.25, 0.3) is 5.69 Å². The van der Waals surface area contributed by atoms with Gasteiger partial charge in [0.2, 0.25) is 0 Å². The summed E-state index contributed by atoms with van der Waals surface area (Å²) in [5.41, 5.74) is 1.75. The third-order valence-electron chi connectivity index (χ3n) is 4.66. The number of aromatic hydroxyl groups is 1. The van der Waals surface area contributed by atoms with E-state index in [1.54, 1.807) is 43.5 Å². The van der Waals surface area contributed by atoms with E-state index in [2.05, 4.69) is 0 Å². The van der Waals surface area contributed by atoms with Crippen molar-refractivity contribution in [3.8, 4) is 28.7 Å². The molecule has 0 aliphatic carbocycles. The minimum absolute atomic E-state index is 0.0188. The van der Waals surface area contributed by atoms with Gasteiger partial charge >= 0.3 is 0 Å². The second kappa shape index (κ2) is 7.71. The molecule has 0 unspecified atom stereocenters. The maximum absolute atomic E-state index is 12.9. The van der Waals surface area contributed by atoms with Gasteiger partial charge in [0.05, 0.1) is 16.8 Å². The maximum Gasteiger partial charge on any atom is 0.261 e. The first kappa shape index (κ1) is 18.6. The third kappa shape index (κ3) is 3.67. The normalized spacial score (nSPS) is 12.4. The molecular formula is C22H19NO6. The van der Waals surface area contributed by atoms with Gasteiger partial charge in [0, 0.05) is 18.3 Å². The lowest BCUT2D eigenvalue weighted by Gasteiger charge is -2.19. The first-order chi connectivity index (χ1) is 14.1. The minimum atomic E-state index is -0.226. The van der Waals surface area contributed by atoms with Crippen LogP contribution in [0.5, 0.6) is 23.0 Å². The number of carbonyl (C=O) groups is 1. The largest absolute Gasteiger partial charge is 0.507 e. The number of pyridine rings is 1. The van der Waals surface area contributed by atoms with Crippen molar-refractivity contribution < 1.29 is 24.1 Å². The van der Waals surface area contributed by atoms with Crippen molar-refractivity contribution in [2.75, 3.05) is 13.2 Å². The number of phenols is 1. The topological polar surface area (TPSA) is 87.0 Å². The third-order valence-corrected chi connectivity index (χ3v) is 4.66. The zero-order chi connectivity index (χ0) is 20.4. The molecule has 7 heteroatoms. The van der Waals surface area contributed by atoms with Gasteiger partial charge in [-0.3, -0.25) is 14.2 Å². The van der Waals surface area contributed by atoms with Crippen LogP contribution in [0, 0.1) is 6.92 Å². The molecule has 0 spiro atoms. The van der Waals surface area contributed by atoms with E-state index in [1.165, 1.54) is 16.7 Å². The molecule has 0 fully saturated rings. The van der Waals surface area contributed by atoms with E-state index in [0.717, 1.165) is 0 Å². The van der Waals surface area contributed by atoms with E-state index in [0.29, 0.717) is 53.6 Å². The SMILES string of the molecule is Cc1cc(C=O)c(O)cc1OCc1cccn(-c2ccc3c(c2)OCCO3)c1=O. The van der Waals surface area contributed by atoms with Gasteiger partial charge in [0.1, 0.15) is 31.3 Å². The number of hydrogen-bond donors (Lipinski definition) is 1. The van der Waals surface area contributed by atoms with Crippen molar-refractivity contribution in [2.45, 2.75) is 13.5 Å². The fourth-order valence-electron chi connectivity index (χ4n) is 3.14. The Labute approximate surface area is 166 Å². The summed E-state index contributed by atoms with van der Waals surface area (Å²) in [7, 11) is 0. The molecule has 1 aliphatic heterocycles. The lowest BCUT2D eigenvalue weighted by atomic mass is 10.1. The van der Waals surface area contributed by atoms with Crippen LogP contribution < -0.4 is 19.8 Å². The highest BCUT2D eigenvalue weighted by Crippen LogP contribution is 2.31. The van der Waals surface area contributed by atoms with Gasteiger partial charge in [-0.2, -0.15) is 0 Å². The number of hydrogen-bond acceptors (Lipinski definition) is 6. The van der Waals surface area contributed by atoms with E-state index < -0.39 is 0 Å². The highest BCUT2D eigenvalue weighted by atomic mass is 16.6. The van der Waals surface area contributed by atoms with Gasteiger partial charge in [-0.1, -0.05) is 0 Å². The quantitative estimate of drug-likeness (QED) is 0.671. The van der Waals surface area contributed by atoms with Crippen LogP contribution in [0.15, 0.2) is 53.5 Å². The number of carbonyl (C=O) groups excluding carboxylic acids is 1. The number of fused-ring (bicyclic) bond motifs is 1. The summed E-state index contributed by atoms with van der Waals surface area (Å²) >= 11 is 0. The standard InChI is InChI=1S/C22H19NO6/c1-14-9-16(12-24)18(25)11-20(14)29-13-15-3-2-6-23(22(15)26)17-4-5-19-21(10-17)28-8-7-27-19/h2-6,9-12,25H,7-8,13H2,1H3. The molecule has 0 radical (unpaired) electrons. The zero-order valence-corrected chi connectivity index (χ0v) is 15.8. The number of aryl methyl sites for hydroxylation is 1. The predicted octanol–water partition coefficient (Wildman–Crippen LogP) is 3.01. The molecule has 1 N–H and O–H groups in total. The molecule has 29 heavy (non-hydrogen) atoms. The summed E-state index contributed by atoms with van der Waals surface area (Å²) in [5.74, 6) is 1.50. The summed E-state index contributed by atoms with van der Waals surface area (Å²) < 4.78 is 18.4. The number of aromatic nitrogens is 1. The molecule has 0 saturated heterocycles. The molecule has 1 aromatic heterocycles. The van der Waals surface area contributed by atoms with Crippen molar-refractivity contribution in [3.05, 3.63) is 75.7 Å². The second-order valence-electron chi connectivity index (χ2n) is 6.62. The van der Waals surface area contributed by atoms with Gasteiger partial charge in [-0.25, -0.2) is 0 Å². The Morgan fingerprint density at radius 2 is 1.93 bits per heavy atom. The number of phenolic OH excluding ortho intramolecular Hbond substituents is 1. The highest BCUT2D eigenvalue weighted by Gasteiger charge is 2.14. The van der Waals surface area contributed by atoms with E-state index in [1.807, 2.05) is 0 Å². The summed E-state index contributed by atoms with van der Waals surface area (Å²) in [6, 6.07) is 11.7. The monoisotopic (exact) mass is 393 g/mol. The number of benzene rings is 2. The Bertz CT molecular complexity index is 1130. The summed E-state index contributed by atoms with van der Waals surface area (Å²) in [5, 5.41) is 9.86. The number of nitrogens with zero attached hydrogens (tertiary/aromatic N) is 1. The Hall–Kier alpha value is -3.74. The van der Waals surface area contributed by atoms with Crippen molar-refractivity contribution in [1.82, 2.24) is 4.57 Å². The van der Waals surface area contributed by atoms with Crippen LogP contribution in [-0.2, 0) is 6.61 Å². The van der Waals surface area contributed by atoms with Crippen LogP contribution in [0.4, 0.5) is 0 Å². The average Bonchev–Trinajstić information content (AvgIpc) is 2.74. The van der Waals surface area contributed by atoms with Gasteiger partial charge in [0.15, 0.2) is 17.8 Å². The Kier molecular flexibility index (Phi) is 4.95. The number of ether oxygens (including phenoxy) is 3. The van der Waals surface area contributed by atoms with E-state index in [4.69, 9.17) is 14.2 Å². The average molecular weight is 393 g/mol. The number of aldehydes is 1. The van der Waals surface area contributed by atoms with Crippen LogP contribution in [0.1, 0.15) is 21.5 Å². The van der Waals surface area contributed by atoms with Gasteiger partial charge in [0.25, 0.3) is 5.56 Å². The summed E-state index contributed by atoms with van der Waals surface area (Å²) in [4.78, 5) is 23.8. The molecule has 148 valence electrons. The van der Waals surface area contributed by atoms with E-state index in [9.17, 15) is 14.7 Å². The molecule has 7 nitrogen and oxygen atoms in total. The highest BCUT2D eigenvalue weighted by molar-refractivity contribution is 5.80. The minimum Gasteiger partial charge on any atom is -0.507 e. The zero-order valence-electron chi connectivity index (χ0n) is 15.8. The fourth-order valence-corrected chi connectivity index (χ4v) is 3.14. The Balaban J connectivity index is 1.60.